The molecule has 5 aliphatic heterocycles. The fourth-order valence-corrected chi connectivity index (χ4v) is 16.4. The van der Waals surface area contributed by atoms with Crippen LogP contribution in [0.2, 0.25) is 0 Å². The summed E-state index contributed by atoms with van der Waals surface area (Å²) in [6.07, 6.45) is 16.9. The zero-order valence-corrected chi connectivity index (χ0v) is 82.9. The number of carboxylic acid groups (broad SMARTS) is 2. The molecule has 0 aliphatic carbocycles. The number of hydrogen-bond donors (Lipinski definition) is 5. The van der Waals surface area contributed by atoms with Gasteiger partial charge in [0.1, 0.15) is 40.3 Å². The Morgan fingerprint density at radius 2 is 0.814 bits per heavy atom. The van der Waals surface area contributed by atoms with Gasteiger partial charge in [-0.3, -0.25) is 57.7 Å². The lowest BCUT2D eigenvalue weighted by Crippen LogP contribution is -2.41. The molecule has 43 heteroatoms. The highest BCUT2D eigenvalue weighted by molar-refractivity contribution is 9.10. The summed E-state index contributed by atoms with van der Waals surface area (Å²) in [5, 5.41) is 43.6. The first-order valence-electron chi connectivity index (χ1n) is 44.1. The third-order valence-electron chi connectivity index (χ3n) is 23.3. The molecule has 0 radical (unpaired) electrons. The van der Waals surface area contributed by atoms with Gasteiger partial charge >= 0.3 is 37.3 Å². The van der Waals surface area contributed by atoms with Crippen LogP contribution in [0.5, 0.6) is 0 Å². The molecule has 1 fully saturated rings. The highest BCUT2D eigenvalue weighted by Crippen LogP contribution is 2.42. The lowest BCUT2D eigenvalue weighted by Gasteiger charge is -2.32. The highest BCUT2D eigenvalue weighted by atomic mass is 79.9. The average Bonchev–Trinajstić information content (AvgIpc) is 1.64. The standard InChI is InChI=1S/C21H23FN4O3.C19H19FN4O2.C16H15FN4O.C14H18BFN2O2.C14H18BrNO3.C8H6BrFN2.C3H6O2.C2HF3O2/c1-21(2,3)29-20(27)25-18-11-28-10-16-13(7-23-8-14(16)18)12-5-17(22)15-9-24-26(4)19(15)6-12;1-3-19(25)23-17-10-26-9-15-12(6-21-7-13(15)17)11-4-16(20)14-8-22-24(2)18(14)5-11;1-21-16-3-9(2-14(17)12(16)6-20-21)10-4-19-5-11-13(10)7-22-8-15(11)18;1-13(2)14(3,4)20-15(19-13)9-6-11(16)10-8-17-18(5)12(10)7-9;1-14(2,3)19-13(17)4-9-7-18-8-11-10(9)5-16-6-12(11)15;1-12-8-3-5(9)2-7(10)6(8)4-11-12;1-2-3(4)5;3-2(4,5)1(6)7/h5-9,18H,10-11H2,1-4H3,(H,25,27);4-8,17H,3,9-10H2,1-2H3,(H,23,25);2-6,15H,7-8,18H2,1H3;6-8H,1-5H3;5-6,9H,4,7-8H2,1-3H3;2-4H,1H3;2H2,1H3,(H,4,5);(H,6,7). The van der Waals surface area contributed by atoms with Gasteiger partial charge in [-0.1, -0.05) is 29.8 Å². The molecule has 14 heterocycles. The molecule has 0 spiro atoms. The highest BCUT2D eigenvalue weighted by Gasteiger charge is 2.52. The maximum atomic E-state index is 14.6. The number of carboxylic acids is 2. The minimum absolute atomic E-state index is 0.0172. The van der Waals surface area contributed by atoms with Crippen LogP contribution in [0, 0.1) is 29.1 Å². The minimum Gasteiger partial charge on any atom is -0.481 e. The van der Waals surface area contributed by atoms with Crippen LogP contribution in [0.3, 0.4) is 0 Å². The van der Waals surface area contributed by atoms with Crippen molar-refractivity contribution in [3.8, 4) is 33.4 Å². The molecule has 9 aromatic heterocycles. The van der Waals surface area contributed by atoms with E-state index in [1.54, 1.807) is 137 Å². The molecule has 6 N–H and O–H groups in total. The van der Waals surface area contributed by atoms with Crippen molar-refractivity contribution in [3.63, 3.8) is 0 Å². The van der Waals surface area contributed by atoms with E-state index in [-0.39, 0.29) is 65.4 Å². The van der Waals surface area contributed by atoms with Crippen LogP contribution in [0.15, 0.2) is 150 Å². The Labute approximate surface area is 816 Å². The van der Waals surface area contributed by atoms with Crippen molar-refractivity contribution < 1.29 is 107 Å². The predicted molar refractivity (Wildman–Crippen MR) is 512 cm³/mol. The molecule has 742 valence electrons. The zero-order valence-electron chi connectivity index (χ0n) is 79.8. The molecule has 19 rings (SSSR count). The molecular weight excluding hydrogens is 1970 g/mol. The third-order valence-corrected chi connectivity index (χ3v) is 24.5. The number of alkyl carbamates (subject to hydrolysis) is 1. The van der Waals surface area contributed by atoms with Crippen LogP contribution < -0.4 is 21.8 Å². The number of alkyl halides is 3. The van der Waals surface area contributed by atoms with Crippen molar-refractivity contribution in [2.75, 3.05) is 26.4 Å². The van der Waals surface area contributed by atoms with E-state index in [1.807, 2.05) is 85.0 Å². The van der Waals surface area contributed by atoms with Gasteiger partial charge in [0.25, 0.3) is 0 Å². The quantitative estimate of drug-likeness (QED) is 0.0482. The number of rotatable bonds is 10. The van der Waals surface area contributed by atoms with E-state index in [2.05, 4.69) is 87.9 Å². The number of aromatic nitrogens is 14. The second-order valence-electron chi connectivity index (χ2n) is 36.2. The van der Waals surface area contributed by atoms with Crippen molar-refractivity contribution >= 4 is 129 Å². The number of amides is 2. The molecule has 140 heavy (non-hydrogen) atoms. The van der Waals surface area contributed by atoms with E-state index in [0.29, 0.717) is 120 Å². The van der Waals surface area contributed by atoms with Gasteiger partial charge in [-0.15, -0.1) is 0 Å². The molecule has 1 saturated heterocycles. The third kappa shape index (κ3) is 25.6. The summed E-state index contributed by atoms with van der Waals surface area (Å²) in [4.78, 5) is 71.3. The van der Waals surface area contributed by atoms with Gasteiger partial charge in [-0.2, -0.15) is 38.7 Å². The number of nitrogens with zero attached hydrogens (tertiary/aromatic N) is 14. The van der Waals surface area contributed by atoms with Gasteiger partial charge in [0.05, 0.1) is 174 Å². The Balaban J connectivity index is 0.000000149. The summed E-state index contributed by atoms with van der Waals surface area (Å²) in [7, 11) is 8.36. The number of nitrogens with one attached hydrogen (secondary N) is 2. The summed E-state index contributed by atoms with van der Waals surface area (Å²) in [6.45, 7) is 25.8. The average molecular weight is 2070 g/mol. The topological polar surface area (TPSA) is 390 Å². The summed E-state index contributed by atoms with van der Waals surface area (Å²) < 4.78 is 157. The lowest BCUT2D eigenvalue weighted by atomic mass is 9.78. The van der Waals surface area contributed by atoms with E-state index >= 15 is 0 Å². The van der Waals surface area contributed by atoms with Gasteiger partial charge in [0.15, 0.2) is 0 Å². The SMILES string of the molecule is CC(C)(C)OC(=O)CC1COCc2c(Br)cncc21.CCC(=O)NC1COCc2c(-c3cc(F)c4cnn(C)c4c3)cncc21.CCC(=O)O.Cn1ncc2c(F)cc(-c3cncc4c3COCC4N)cc21.Cn1ncc2c(F)cc(-c3cncc4c3COCC4NC(=O)OC(C)(C)C)cc21.Cn1ncc2c(F)cc(B3OC(C)(C)C(C)(C)O3)cc21.Cn1ncc2c(F)cc(Br)cc21.O=C(O)C(F)(F)F. The maximum absolute atomic E-state index is 14.6. The van der Waals surface area contributed by atoms with Crippen LogP contribution in [-0.2, 0) is 119 Å². The molecule has 2 amide bonds. The smallest absolute Gasteiger partial charge is 0.481 e. The zero-order chi connectivity index (χ0) is 102. The first kappa shape index (κ1) is 106. The van der Waals surface area contributed by atoms with Crippen LogP contribution in [0.1, 0.15) is 171 Å². The van der Waals surface area contributed by atoms with E-state index in [0.717, 1.165) is 92.3 Å². The number of aliphatic carboxylic acids is 2. The van der Waals surface area contributed by atoms with E-state index in [9.17, 15) is 54.3 Å². The van der Waals surface area contributed by atoms with Gasteiger partial charge in [0.2, 0.25) is 5.91 Å². The van der Waals surface area contributed by atoms with Crippen molar-refractivity contribution in [2.24, 2.45) is 41.0 Å². The van der Waals surface area contributed by atoms with Gasteiger partial charge in [-0.05, 0) is 201 Å². The number of esters is 1. The summed E-state index contributed by atoms with van der Waals surface area (Å²) in [5.41, 5.74) is 20.7. The summed E-state index contributed by atoms with van der Waals surface area (Å²) in [6, 6.07) is 16.0. The van der Waals surface area contributed by atoms with Crippen molar-refractivity contribution in [3.05, 3.63) is 224 Å². The number of halogens is 10. The Bertz CT molecular complexity index is 6900. The molecular formula is C97H106BBr2F8N17O15. The van der Waals surface area contributed by atoms with Crippen molar-refractivity contribution in [1.82, 2.24) is 79.5 Å². The Morgan fingerprint density at radius 1 is 0.464 bits per heavy atom. The van der Waals surface area contributed by atoms with E-state index in [4.69, 9.17) is 58.5 Å². The molecule has 5 aromatic carbocycles. The number of benzene rings is 5. The predicted octanol–water partition coefficient (Wildman–Crippen LogP) is 17.8. The second-order valence-corrected chi connectivity index (χ2v) is 38.0. The summed E-state index contributed by atoms with van der Waals surface area (Å²) >= 11 is 6.69. The number of ether oxygens (including phenoxy) is 6. The number of carbonyl (C=O) groups excluding carboxylic acids is 3. The van der Waals surface area contributed by atoms with Gasteiger partial charge < -0.3 is 64.3 Å². The first-order chi connectivity index (χ1) is 65.9. The van der Waals surface area contributed by atoms with Crippen LogP contribution in [0.4, 0.5) is 39.9 Å². The fourth-order valence-electron chi connectivity index (χ4n) is 15.5. The van der Waals surface area contributed by atoms with Crippen LogP contribution in [0.25, 0.3) is 87.9 Å². The molecule has 4 atom stereocenters. The van der Waals surface area contributed by atoms with Gasteiger partial charge in [-0.25, -0.2) is 31.5 Å². The number of carbonyl (C=O) groups is 5. The van der Waals surface area contributed by atoms with Gasteiger partial charge in [0, 0.05) is 140 Å². The maximum Gasteiger partial charge on any atom is 0.495 e. The Kier molecular flexibility index (Phi) is 33.7. The number of pyridine rings is 4. The first-order valence-corrected chi connectivity index (χ1v) is 45.7. The molecule has 4 unspecified atom stereocenters. The minimum atomic E-state index is -5.08. The molecule has 5 aliphatic rings. The largest absolute Gasteiger partial charge is 0.495 e. The lowest BCUT2D eigenvalue weighted by molar-refractivity contribution is -0.192. The Morgan fingerprint density at radius 3 is 1.22 bits per heavy atom. The molecule has 0 saturated carbocycles. The fraction of sp³-hybridized carbons (Fsp3) is 0.381. The molecule has 14 aromatic rings. The van der Waals surface area contributed by atoms with E-state index < -0.39 is 59.8 Å². The number of aryl methyl sites for hydroxylation is 5. The monoisotopic (exact) mass is 2070 g/mol. The second kappa shape index (κ2) is 44.5. The van der Waals surface area contributed by atoms with Crippen LogP contribution in [-0.4, -0.2) is 171 Å². The normalized spacial score (nSPS) is 16.6. The number of nitrogens with two attached hydrogens (primary N) is 1. The van der Waals surface area contributed by atoms with Crippen molar-refractivity contribution in [1.29, 1.82) is 0 Å². The molecule has 32 nitrogen and oxygen atoms in total. The van der Waals surface area contributed by atoms with E-state index in [1.165, 1.54) is 61.3 Å². The summed E-state index contributed by atoms with van der Waals surface area (Å²) in [5.74, 6) is -5.24. The number of fused-ring (bicyclic) bond motifs is 9. The van der Waals surface area contributed by atoms with Crippen molar-refractivity contribution in [2.45, 2.75) is 181 Å². The number of hydrogen-bond acceptors (Lipinski definition) is 23. The molecule has 0 bridgehead atoms. The Hall–Kier alpha value is -12.6. The van der Waals surface area contributed by atoms with Crippen LogP contribution >= 0.6 is 31.9 Å².